The number of benzene rings is 1. The first-order valence-corrected chi connectivity index (χ1v) is 5.94. The third-order valence-electron chi connectivity index (χ3n) is 2.97. The normalized spacial score (nSPS) is 10.4. The number of aryl methyl sites for hydroxylation is 3. The lowest BCUT2D eigenvalue weighted by Gasteiger charge is -2.12. The predicted octanol–water partition coefficient (Wildman–Crippen LogP) is 3.11. The van der Waals surface area contributed by atoms with Crippen LogP contribution in [0.1, 0.15) is 34.2 Å². The number of anilines is 1. The van der Waals surface area contributed by atoms with E-state index in [1.807, 2.05) is 25.1 Å². The Morgan fingerprint density at radius 2 is 2.17 bits per heavy atom. The molecule has 4 nitrogen and oxygen atoms in total. The fourth-order valence-electron chi connectivity index (χ4n) is 1.90. The highest BCUT2D eigenvalue weighted by atomic mass is 16.5. The second kappa shape index (κ2) is 5.04. The van der Waals surface area contributed by atoms with E-state index >= 15 is 0 Å². The van der Waals surface area contributed by atoms with Crippen LogP contribution >= 0.6 is 0 Å². The van der Waals surface area contributed by atoms with Crippen LogP contribution in [0, 0.1) is 13.8 Å². The van der Waals surface area contributed by atoms with Crippen LogP contribution in [0.4, 0.5) is 5.69 Å². The summed E-state index contributed by atoms with van der Waals surface area (Å²) in [6.07, 6.45) is 2.31. The van der Waals surface area contributed by atoms with Crippen LogP contribution in [0.25, 0.3) is 0 Å². The zero-order chi connectivity index (χ0) is 13.1. The Kier molecular flexibility index (Phi) is 3.46. The molecule has 0 aliphatic heterocycles. The van der Waals surface area contributed by atoms with Gasteiger partial charge in [0.05, 0.1) is 6.20 Å². The number of rotatable bonds is 3. The average molecular weight is 244 g/mol. The molecule has 94 valence electrons. The van der Waals surface area contributed by atoms with E-state index in [0.717, 1.165) is 23.2 Å². The monoisotopic (exact) mass is 244 g/mol. The van der Waals surface area contributed by atoms with Gasteiger partial charge in [0.15, 0.2) is 0 Å². The van der Waals surface area contributed by atoms with Gasteiger partial charge in [-0.3, -0.25) is 4.79 Å². The van der Waals surface area contributed by atoms with E-state index in [1.165, 1.54) is 6.20 Å². The Morgan fingerprint density at radius 3 is 2.78 bits per heavy atom. The maximum Gasteiger partial charge on any atom is 0.260 e. The molecular formula is C14H16N2O2. The molecule has 0 spiro atoms. The van der Waals surface area contributed by atoms with Gasteiger partial charge in [-0.25, -0.2) is 0 Å². The molecule has 0 saturated carbocycles. The number of nitrogens with zero attached hydrogens (tertiary/aromatic N) is 1. The number of amides is 1. The number of hydrogen-bond donors (Lipinski definition) is 1. The smallest absolute Gasteiger partial charge is 0.260 e. The molecule has 1 N–H and O–H groups in total. The molecule has 0 atom stereocenters. The van der Waals surface area contributed by atoms with Gasteiger partial charge in [-0.1, -0.05) is 30.3 Å². The van der Waals surface area contributed by atoms with E-state index in [4.69, 9.17) is 4.52 Å². The van der Waals surface area contributed by atoms with Crippen LogP contribution in [0.15, 0.2) is 28.9 Å². The molecule has 1 heterocycles. The minimum Gasteiger partial charge on any atom is -0.361 e. The molecule has 0 unspecified atom stereocenters. The molecule has 1 aromatic carbocycles. The summed E-state index contributed by atoms with van der Waals surface area (Å²) in [5.74, 6) is 0.344. The highest BCUT2D eigenvalue weighted by Gasteiger charge is 2.15. The molecule has 0 radical (unpaired) electrons. The standard InChI is InChI=1S/C14H16N2O2/c1-4-11-7-5-6-9(2)13(11)16-14(17)12-8-15-18-10(12)3/h5-8H,4H2,1-3H3,(H,16,17). The first kappa shape index (κ1) is 12.4. The molecule has 2 aromatic rings. The van der Waals surface area contributed by atoms with Gasteiger partial charge in [0.2, 0.25) is 0 Å². The Labute approximate surface area is 106 Å². The van der Waals surface area contributed by atoms with E-state index in [1.54, 1.807) is 6.92 Å². The Bertz CT molecular complexity index is 573. The molecular weight excluding hydrogens is 228 g/mol. The van der Waals surface area contributed by atoms with Gasteiger partial charge < -0.3 is 9.84 Å². The summed E-state index contributed by atoms with van der Waals surface area (Å²) in [5.41, 5.74) is 3.53. The first-order valence-electron chi connectivity index (χ1n) is 5.94. The van der Waals surface area contributed by atoms with Crippen molar-refractivity contribution in [3.8, 4) is 0 Å². The summed E-state index contributed by atoms with van der Waals surface area (Å²) in [6, 6.07) is 5.99. The fraction of sp³-hybridized carbons (Fsp3) is 0.286. The predicted molar refractivity (Wildman–Crippen MR) is 69.8 cm³/mol. The lowest BCUT2D eigenvalue weighted by atomic mass is 10.1. The minimum absolute atomic E-state index is 0.183. The number of aromatic nitrogens is 1. The second-order valence-corrected chi connectivity index (χ2v) is 4.21. The van der Waals surface area contributed by atoms with Crippen LogP contribution in [0.3, 0.4) is 0 Å². The van der Waals surface area contributed by atoms with Gasteiger partial charge in [0, 0.05) is 5.69 Å². The summed E-state index contributed by atoms with van der Waals surface area (Å²) >= 11 is 0. The average Bonchev–Trinajstić information content (AvgIpc) is 2.78. The molecule has 0 saturated heterocycles. The number of nitrogens with one attached hydrogen (secondary N) is 1. The van der Waals surface area contributed by atoms with Gasteiger partial charge in [-0.15, -0.1) is 0 Å². The Balaban J connectivity index is 2.30. The molecule has 0 fully saturated rings. The number of carbonyl (C=O) groups is 1. The molecule has 1 amide bonds. The zero-order valence-corrected chi connectivity index (χ0v) is 10.8. The third kappa shape index (κ3) is 2.27. The van der Waals surface area contributed by atoms with Crippen molar-refractivity contribution in [3.05, 3.63) is 46.8 Å². The third-order valence-corrected chi connectivity index (χ3v) is 2.97. The van der Waals surface area contributed by atoms with Crippen LogP contribution in [0.2, 0.25) is 0 Å². The summed E-state index contributed by atoms with van der Waals surface area (Å²) < 4.78 is 4.90. The lowest BCUT2D eigenvalue weighted by Crippen LogP contribution is -2.14. The van der Waals surface area contributed by atoms with Gasteiger partial charge >= 0.3 is 0 Å². The lowest BCUT2D eigenvalue weighted by molar-refractivity contribution is 0.102. The van der Waals surface area contributed by atoms with Crippen LogP contribution in [0.5, 0.6) is 0 Å². The van der Waals surface area contributed by atoms with Crippen molar-refractivity contribution in [2.75, 3.05) is 5.32 Å². The van der Waals surface area contributed by atoms with Crippen LogP contribution in [-0.4, -0.2) is 11.1 Å². The van der Waals surface area contributed by atoms with Gasteiger partial charge in [0.1, 0.15) is 11.3 Å². The van der Waals surface area contributed by atoms with Gasteiger partial charge in [0.25, 0.3) is 5.91 Å². The number of para-hydroxylation sites is 1. The number of carbonyl (C=O) groups excluding carboxylic acids is 1. The largest absolute Gasteiger partial charge is 0.361 e. The summed E-state index contributed by atoms with van der Waals surface area (Å²) in [4.78, 5) is 12.1. The van der Waals surface area contributed by atoms with E-state index in [2.05, 4.69) is 17.4 Å². The zero-order valence-electron chi connectivity index (χ0n) is 10.8. The highest BCUT2D eigenvalue weighted by molar-refractivity contribution is 6.05. The molecule has 2 rings (SSSR count). The van der Waals surface area contributed by atoms with Crippen molar-refractivity contribution < 1.29 is 9.32 Å². The van der Waals surface area contributed by atoms with E-state index in [-0.39, 0.29) is 5.91 Å². The summed E-state index contributed by atoms with van der Waals surface area (Å²) in [7, 11) is 0. The quantitative estimate of drug-likeness (QED) is 0.902. The van der Waals surface area contributed by atoms with Crippen molar-refractivity contribution in [3.63, 3.8) is 0 Å². The van der Waals surface area contributed by atoms with E-state index < -0.39 is 0 Å². The SMILES string of the molecule is CCc1cccc(C)c1NC(=O)c1cnoc1C. The topological polar surface area (TPSA) is 55.1 Å². The second-order valence-electron chi connectivity index (χ2n) is 4.21. The van der Waals surface area contributed by atoms with Crippen LogP contribution in [-0.2, 0) is 6.42 Å². The van der Waals surface area contributed by atoms with Crippen molar-refractivity contribution in [2.45, 2.75) is 27.2 Å². The number of hydrogen-bond acceptors (Lipinski definition) is 3. The Hall–Kier alpha value is -2.10. The maximum absolute atomic E-state index is 12.1. The summed E-state index contributed by atoms with van der Waals surface area (Å²) in [6.45, 7) is 5.77. The molecule has 0 bridgehead atoms. The molecule has 0 aliphatic rings. The molecule has 1 aromatic heterocycles. The summed E-state index contributed by atoms with van der Waals surface area (Å²) in [5, 5.41) is 6.55. The highest BCUT2D eigenvalue weighted by Crippen LogP contribution is 2.22. The molecule has 18 heavy (non-hydrogen) atoms. The first-order chi connectivity index (χ1) is 8.63. The van der Waals surface area contributed by atoms with E-state index in [0.29, 0.717) is 11.3 Å². The van der Waals surface area contributed by atoms with E-state index in [9.17, 15) is 4.79 Å². The van der Waals surface area contributed by atoms with Gasteiger partial charge in [-0.05, 0) is 31.4 Å². The van der Waals surface area contributed by atoms with Crippen molar-refractivity contribution in [2.24, 2.45) is 0 Å². The van der Waals surface area contributed by atoms with Gasteiger partial charge in [-0.2, -0.15) is 0 Å². The van der Waals surface area contributed by atoms with Crippen molar-refractivity contribution >= 4 is 11.6 Å². The van der Waals surface area contributed by atoms with Crippen molar-refractivity contribution in [1.82, 2.24) is 5.16 Å². The minimum atomic E-state index is -0.183. The maximum atomic E-state index is 12.1. The fourth-order valence-corrected chi connectivity index (χ4v) is 1.90. The Morgan fingerprint density at radius 1 is 1.39 bits per heavy atom. The van der Waals surface area contributed by atoms with Crippen LogP contribution < -0.4 is 5.32 Å². The van der Waals surface area contributed by atoms with Crippen molar-refractivity contribution in [1.29, 1.82) is 0 Å². The molecule has 0 aliphatic carbocycles. The molecule has 4 heteroatoms.